The average Bonchev–Trinajstić information content (AvgIpc) is 2.31. The van der Waals surface area contributed by atoms with E-state index in [-0.39, 0.29) is 22.0 Å². The monoisotopic (exact) mass is 306 g/mol. The maximum absolute atomic E-state index is 12.9. The number of hydrogen-bond donors (Lipinski definition) is 2. The zero-order chi connectivity index (χ0) is 14.0. The molecule has 19 heavy (non-hydrogen) atoms. The van der Waals surface area contributed by atoms with E-state index in [1.54, 1.807) is 0 Å². The summed E-state index contributed by atoms with van der Waals surface area (Å²) in [7, 11) is -3.73. The second-order valence-corrected chi connectivity index (χ2v) is 6.78. The Morgan fingerprint density at radius 2 is 2.21 bits per heavy atom. The van der Waals surface area contributed by atoms with Crippen molar-refractivity contribution in [2.45, 2.75) is 36.7 Å². The van der Waals surface area contributed by atoms with Crippen molar-refractivity contribution >= 4 is 21.6 Å². The lowest BCUT2D eigenvalue weighted by Crippen LogP contribution is -2.51. The fourth-order valence-electron chi connectivity index (χ4n) is 2.16. The van der Waals surface area contributed by atoms with Gasteiger partial charge in [-0.3, -0.25) is 0 Å². The summed E-state index contributed by atoms with van der Waals surface area (Å²) in [5.41, 5.74) is 0. The van der Waals surface area contributed by atoms with Crippen LogP contribution in [0.15, 0.2) is 23.1 Å². The average molecular weight is 307 g/mol. The van der Waals surface area contributed by atoms with Crippen LogP contribution in [0.2, 0.25) is 5.02 Å². The van der Waals surface area contributed by atoms with Gasteiger partial charge in [-0.25, -0.2) is 17.5 Å². The third-order valence-electron chi connectivity index (χ3n) is 3.25. The molecule has 1 aromatic carbocycles. The SMILES string of the molecule is CC1NCCCC1NS(=O)(=O)c1ccc(F)cc1Cl. The van der Waals surface area contributed by atoms with Crippen LogP contribution in [-0.2, 0) is 10.0 Å². The highest BCUT2D eigenvalue weighted by Gasteiger charge is 2.27. The van der Waals surface area contributed by atoms with Crippen LogP contribution >= 0.6 is 11.6 Å². The van der Waals surface area contributed by atoms with Gasteiger partial charge in [-0.1, -0.05) is 11.6 Å². The molecule has 0 aromatic heterocycles. The summed E-state index contributed by atoms with van der Waals surface area (Å²) in [4.78, 5) is -0.0895. The molecule has 2 rings (SSSR count). The minimum atomic E-state index is -3.73. The molecule has 1 saturated heterocycles. The summed E-state index contributed by atoms with van der Waals surface area (Å²) in [6.45, 7) is 2.81. The predicted octanol–water partition coefficient (Wildman–Crippen LogP) is 1.90. The molecule has 1 aromatic rings. The molecule has 0 amide bonds. The van der Waals surface area contributed by atoms with E-state index in [2.05, 4.69) is 10.0 Å². The lowest BCUT2D eigenvalue weighted by atomic mass is 10.0. The van der Waals surface area contributed by atoms with Gasteiger partial charge in [0.1, 0.15) is 10.7 Å². The van der Waals surface area contributed by atoms with E-state index in [1.807, 2.05) is 6.92 Å². The topological polar surface area (TPSA) is 58.2 Å². The summed E-state index contributed by atoms with van der Waals surface area (Å²) in [6.07, 6.45) is 1.68. The van der Waals surface area contributed by atoms with Crippen molar-refractivity contribution in [3.8, 4) is 0 Å². The lowest BCUT2D eigenvalue weighted by Gasteiger charge is -2.30. The minimum Gasteiger partial charge on any atom is -0.313 e. The molecular weight excluding hydrogens is 291 g/mol. The third-order valence-corrected chi connectivity index (χ3v) is 5.22. The molecule has 0 spiro atoms. The van der Waals surface area contributed by atoms with Crippen molar-refractivity contribution in [2.24, 2.45) is 0 Å². The van der Waals surface area contributed by atoms with Gasteiger partial charge in [0.05, 0.1) is 5.02 Å². The molecule has 7 heteroatoms. The number of nitrogens with one attached hydrogen (secondary N) is 2. The summed E-state index contributed by atoms with van der Waals surface area (Å²) < 4.78 is 40.0. The maximum atomic E-state index is 12.9. The van der Waals surface area contributed by atoms with Gasteiger partial charge in [-0.2, -0.15) is 0 Å². The van der Waals surface area contributed by atoms with Crippen LogP contribution in [-0.4, -0.2) is 27.0 Å². The van der Waals surface area contributed by atoms with E-state index in [9.17, 15) is 12.8 Å². The Bertz CT molecular complexity index is 565. The van der Waals surface area contributed by atoms with Crippen molar-refractivity contribution in [1.82, 2.24) is 10.0 Å². The highest BCUT2D eigenvalue weighted by Crippen LogP contribution is 2.23. The molecule has 2 unspecified atom stereocenters. The molecule has 1 fully saturated rings. The van der Waals surface area contributed by atoms with Crippen LogP contribution in [0.4, 0.5) is 4.39 Å². The summed E-state index contributed by atoms with van der Waals surface area (Å²) in [6, 6.07) is 3.14. The Labute approximate surface area is 117 Å². The van der Waals surface area contributed by atoms with Crippen LogP contribution < -0.4 is 10.0 Å². The van der Waals surface area contributed by atoms with Crippen LogP contribution in [0.25, 0.3) is 0 Å². The zero-order valence-electron chi connectivity index (χ0n) is 10.5. The maximum Gasteiger partial charge on any atom is 0.242 e. The van der Waals surface area contributed by atoms with Crippen LogP contribution in [0.5, 0.6) is 0 Å². The number of sulfonamides is 1. The normalized spacial score (nSPS) is 24.4. The van der Waals surface area contributed by atoms with Gasteiger partial charge in [0.15, 0.2) is 0 Å². The Balaban J connectivity index is 2.22. The van der Waals surface area contributed by atoms with Crippen molar-refractivity contribution < 1.29 is 12.8 Å². The van der Waals surface area contributed by atoms with Crippen molar-refractivity contribution in [3.05, 3.63) is 29.0 Å². The number of hydrogen-bond acceptors (Lipinski definition) is 3. The van der Waals surface area contributed by atoms with Crippen LogP contribution in [0, 0.1) is 5.82 Å². The molecular formula is C12H16ClFN2O2S. The molecule has 0 radical (unpaired) electrons. The summed E-state index contributed by atoms with van der Waals surface area (Å²) in [5, 5.41) is 3.10. The quantitative estimate of drug-likeness (QED) is 0.897. The minimum absolute atomic E-state index is 0.0581. The summed E-state index contributed by atoms with van der Waals surface area (Å²) in [5.74, 6) is -0.559. The predicted molar refractivity (Wildman–Crippen MR) is 72.2 cm³/mol. The smallest absolute Gasteiger partial charge is 0.242 e. The molecule has 1 aliphatic rings. The van der Waals surface area contributed by atoms with Gasteiger partial charge in [-0.15, -0.1) is 0 Å². The first-order valence-corrected chi connectivity index (χ1v) is 7.97. The highest BCUT2D eigenvalue weighted by atomic mass is 35.5. The van der Waals surface area contributed by atoms with Crippen molar-refractivity contribution in [2.75, 3.05) is 6.54 Å². The second kappa shape index (κ2) is 5.75. The third kappa shape index (κ3) is 3.45. The zero-order valence-corrected chi connectivity index (χ0v) is 12.1. The fourth-order valence-corrected chi connectivity index (χ4v) is 4.04. The Kier molecular flexibility index (Phi) is 4.45. The number of piperidine rings is 1. The Morgan fingerprint density at radius 1 is 1.47 bits per heavy atom. The van der Waals surface area contributed by atoms with Gasteiger partial charge in [0, 0.05) is 12.1 Å². The molecule has 2 N–H and O–H groups in total. The molecule has 1 heterocycles. The standard InChI is InChI=1S/C12H16ClFN2O2S/c1-8-11(3-2-6-15-8)16-19(17,18)12-5-4-9(14)7-10(12)13/h4-5,7-8,11,15-16H,2-3,6H2,1H3. The second-order valence-electron chi connectivity index (χ2n) is 4.69. The Morgan fingerprint density at radius 3 is 2.84 bits per heavy atom. The van der Waals surface area contributed by atoms with Gasteiger partial charge in [0.2, 0.25) is 10.0 Å². The van der Waals surface area contributed by atoms with Crippen molar-refractivity contribution in [1.29, 1.82) is 0 Å². The molecule has 0 aliphatic carbocycles. The number of halogens is 2. The molecule has 0 bridgehead atoms. The van der Waals surface area contributed by atoms with Gasteiger partial charge >= 0.3 is 0 Å². The first-order valence-electron chi connectivity index (χ1n) is 6.11. The Hall–Kier alpha value is -0.690. The first-order chi connectivity index (χ1) is 8.90. The van der Waals surface area contributed by atoms with E-state index in [0.29, 0.717) is 0 Å². The van der Waals surface area contributed by atoms with Gasteiger partial charge in [0.25, 0.3) is 0 Å². The fraction of sp³-hybridized carbons (Fsp3) is 0.500. The largest absolute Gasteiger partial charge is 0.313 e. The molecule has 2 atom stereocenters. The van der Waals surface area contributed by atoms with E-state index in [0.717, 1.165) is 31.5 Å². The van der Waals surface area contributed by atoms with E-state index < -0.39 is 15.8 Å². The highest BCUT2D eigenvalue weighted by molar-refractivity contribution is 7.89. The number of rotatable bonds is 3. The molecule has 106 valence electrons. The van der Waals surface area contributed by atoms with E-state index in [1.165, 1.54) is 6.07 Å². The molecule has 0 saturated carbocycles. The van der Waals surface area contributed by atoms with Gasteiger partial charge in [-0.05, 0) is 44.5 Å². The molecule has 1 aliphatic heterocycles. The first kappa shape index (κ1) is 14.7. The number of benzene rings is 1. The van der Waals surface area contributed by atoms with Crippen LogP contribution in [0.1, 0.15) is 19.8 Å². The van der Waals surface area contributed by atoms with E-state index >= 15 is 0 Å². The van der Waals surface area contributed by atoms with Crippen LogP contribution in [0.3, 0.4) is 0 Å². The van der Waals surface area contributed by atoms with E-state index in [4.69, 9.17) is 11.6 Å². The summed E-state index contributed by atoms with van der Waals surface area (Å²) >= 11 is 5.79. The molecule has 4 nitrogen and oxygen atoms in total. The van der Waals surface area contributed by atoms with Gasteiger partial charge < -0.3 is 5.32 Å². The van der Waals surface area contributed by atoms with Crippen molar-refractivity contribution in [3.63, 3.8) is 0 Å². The lowest BCUT2D eigenvalue weighted by molar-refractivity contribution is 0.349.